The van der Waals surface area contributed by atoms with E-state index in [1.165, 1.54) is 0 Å². The minimum absolute atomic E-state index is 0.101. The van der Waals surface area contributed by atoms with E-state index in [0.717, 1.165) is 0 Å². The van der Waals surface area contributed by atoms with Crippen LogP contribution < -0.4 is 9.47 Å². The number of ketones is 1. The molecule has 0 radical (unpaired) electrons. The molecule has 0 aliphatic carbocycles. The van der Waals surface area contributed by atoms with Crippen molar-refractivity contribution < 1.29 is 19.4 Å². The van der Waals surface area contributed by atoms with Crippen LogP contribution in [0.1, 0.15) is 15.9 Å². The van der Waals surface area contributed by atoms with Crippen LogP contribution in [0.4, 0.5) is 0 Å². The quantitative estimate of drug-likeness (QED) is 0.908. The number of ether oxygens (including phenoxy) is 2. The zero-order valence-corrected chi connectivity index (χ0v) is 11.0. The maximum atomic E-state index is 12.6. The Morgan fingerprint density at radius 2 is 1.95 bits per heavy atom. The maximum Gasteiger partial charge on any atom is 0.206 e. The van der Waals surface area contributed by atoms with Crippen LogP contribution in [0.5, 0.6) is 11.5 Å². The van der Waals surface area contributed by atoms with Gasteiger partial charge in [0.2, 0.25) is 5.78 Å². The molecular formula is C16H14O4. The second-order valence-corrected chi connectivity index (χ2v) is 4.71. The third kappa shape index (κ3) is 1.85. The van der Waals surface area contributed by atoms with Crippen molar-refractivity contribution in [3.05, 3.63) is 59.7 Å². The summed E-state index contributed by atoms with van der Waals surface area (Å²) >= 11 is 0. The Kier molecular flexibility index (Phi) is 2.95. The molecule has 0 unspecified atom stereocenters. The van der Waals surface area contributed by atoms with E-state index in [9.17, 15) is 9.90 Å². The number of carbonyl (C=O) groups is 1. The molecular weight excluding hydrogens is 256 g/mol. The van der Waals surface area contributed by atoms with Gasteiger partial charge in [0, 0.05) is 6.07 Å². The minimum atomic E-state index is -1.64. The van der Waals surface area contributed by atoms with Crippen molar-refractivity contribution in [2.75, 3.05) is 13.7 Å². The van der Waals surface area contributed by atoms with Crippen LogP contribution >= 0.6 is 0 Å². The number of benzene rings is 2. The van der Waals surface area contributed by atoms with Crippen LogP contribution in [0.2, 0.25) is 0 Å². The highest BCUT2D eigenvalue weighted by Gasteiger charge is 2.44. The number of hydrogen-bond donors (Lipinski definition) is 1. The number of aliphatic hydroxyl groups is 1. The van der Waals surface area contributed by atoms with E-state index in [1.807, 2.05) is 6.07 Å². The van der Waals surface area contributed by atoms with Crippen LogP contribution in [0.25, 0.3) is 0 Å². The first-order valence-electron chi connectivity index (χ1n) is 6.29. The van der Waals surface area contributed by atoms with E-state index in [2.05, 4.69) is 0 Å². The number of methoxy groups -OCH3 is 1. The Balaban J connectivity index is 2.05. The molecule has 3 rings (SSSR count). The SMILES string of the molecule is COc1ccc2c(c1)OC[C@@](O)(c1ccccc1)C2=O. The molecule has 0 fully saturated rings. The molecule has 1 aliphatic rings. The first-order chi connectivity index (χ1) is 9.65. The van der Waals surface area contributed by atoms with Gasteiger partial charge in [-0.2, -0.15) is 0 Å². The molecule has 0 bridgehead atoms. The number of fused-ring (bicyclic) bond motifs is 1. The van der Waals surface area contributed by atoms with Gasteiger partial charge in [-0.25, -0.2) is 0 Å². The molecule has 4 heteroatoms. The summed E-state index contributed by atoms with van der Waals surface area (Å²) in [4.78, 5) is 12.6. The number of Topliss-reactive ketones (excluding diaryl/α,β-unsaturated/α-hetero) is 1. The zero-order chi connectivity index (χ0) is 14.2. The Morgan fingerprint density at radius 3 is 2.65 bits per heavy atom. The predicted molar refractivity (Wildman–Crippen MR) is 73.2 cm³/mol. The lowest BCUT2D eigenvalue weighted by Gasteiger charge is -2.32. The summed E-state index contributed by atoms with van der Waals surface area (Å²) in [6.45, 7) is -0.101. The van der Waals surface area contributed by atoms with E-state index >= 15 is 0 Å². The molecule has 2 aromatic carbocycles. The van der Waals surface area contributed by atoms with Crippen LogP contribution in [0.15, 0.2) is 48.5 Å². The van der Waals surface area contributed by atoms with Gasteiger partial charge >= 0.3 is 0 Å². The molecule has 20 heavy (non-hydrogen) atoms. The fraction of sp³-hybridized carbons (Fsp3) is 0.188. The fourth-order valence-corrected chi connectivity index (χ4v) is 2.34. The van der Waals surface area contributed by atoms with E-state index in [0.29, 0.717) is 22.6 Å². The second kappa shape index (κ2) is 4.65. The summed E-state index contributed by atoms with van der Waals surface area (Å²) in [5.41, 5.74) is -0.738. The minimum Gasteiger partial charge on any atom is -0.497 e. The van der Waals surface area contributed by atoms with E-state index in [1.54, 1.807) is 49.6 Å². The number of carbonyl (C=O) groups excluding carboxylic acids is 1. The van der Waals surface area contributed by atoms with Crippen molar-refractivity contribution in [2.45, 2.75) is 5.60 Å². The highest BCUT2D eigenvalue weighted by molar-refractivity contribution is 6.06. The van der Waals surface area contributed by atoms with Crippen LogP contribution in [-0.2, 0) is 5.60 Å². The van der Waals surface area contributed by atoms with Crippen molar-refractivity contribution >= 4 is 5.78 Å². The molecule has 1 atom stereocenters. The number of rotatable bonds is 2. The van der Waals surface area contributed by atoms with Gasteiger partial charge in [-0.1, -0.05) is 30.3 Å². The molecule has 0 spiro atoms. The summed E-state index contributed by atoms with van der Waals surface area (Å²) < 4.78 is 10.7. The molecule has 1 heterocycles. The topological polar surface area (TPSA) is 55.8 Å². The average molecular weight is 270 g/mol. The van der Waals surface area contributed by atoms with Gasteiger partial charge < -0.3 is 14.6 Å². The highest BCUT2D eigenvalue weighted by Crippen LogP contribution is 2.37. The van der Waals surface area contributed by atoms with Crippen LogP contribution in [0, 0.1) is 0 Å². The molecule has 4 nitrogen and oxygen atoms in total. The van der Waals surface area contributed by atoms with Gasteiger partial charge in [0.25, 0.3) is 0 Å². The van der Waals surface area contributed by atoms with Crippen molar-refractivity contribution in [3.63, 3.8) is 0 Å². The third-order valence-electron chi connectivity index (χ3n) is 3.50. The first kappa shape index (κ1) is 12.7. The molecule has 0 saturated heterocycles. The van der Waals surface area contributed by atoms with Crippen molar-refractivity contribution in [2.24, 2.45) is 0 Å². The lowest BCUT2D eigenvalue weighted by molar-refractivity contribution is -0.00510. The monoisotopic (exact) mass is 270 g/mol. The lowest BCUT2D eigenvalue weighted by atomic mass is 9.84. The Hall–Kier alpha value is -2.33. The molecule has 1 N–H and O–H groups in total. The van der Waals surface area contributed by atoms with Gasteiger partial charge in [-0.15, -0.1) is 0 Å². The Bertz CT molecular complexity index is 651. The first-order valence-corrected chi connectivity index (χ1v) is 6.29. The smallest absolute Gasteiger partial charge is 0.206 e. The summed E-state index contributed by atoms with van der Waals surface area (Å²) in [6.07, 6.45) is 0. The van der Waals surface area contributed by atoms with Gasteiger partial charge in [-0.05, 0) is 17.7 Å². The summed E-state index contributed by atoms with van der Waals surface area (Å²) in [6, 6.07) is 13.8. The van der Waals surface area contributed by atoms with E-state index in [4.69, 9.17) is 9.47 Å². The number of hydrogen-bond acceptors (Lipinski definition) is 4. The van der Waals surface area contributed by atoms with Gasteiger partial charge in [0.05, 0.1) is 12.7 Å². The van der Waals surface area contributed by atoms with Crippen LogP contribution in [-0.4, -0.2) is 24.6 Å². The van der Waals surface area contributed by atoms with E-state index < -0.39 is 5.60 Å². The average Bonchev–Trinajstić information content (AvgIpc) is 2.51. The Labute approximate surface area is 116 Å². The molecule has 1 aliphatic heterocycles. The third-order valence-corrected chi connectivity index (χ3v) is 3.50. The summed E-state index contributed by atoms with van der Waals surface area (Å²) in [5, 5.41) is 10.7. The predicted octanol–water partition coefficient (Wildman–Crippen LogP) is 2.16. The van der Waals surface area contributed by atoms with Gasteiger partial charge in [-0.3, -0.25) is 4.79 Å². The van der Waals surface area contributed by atoms with Gasteiger partial charge in [0.1, 0.15) is 18.1 Å². The maximum absolute atomic E-state index is 12.6. The molecule has 2 aromatic rings. The van der Waals surface area contributed by atoms with E-state index in [-0.39, 0.29) is 12.4 Å². The van der Waals surface area contributed by atoms with Crippen LogP contribution in [0.3, 0.4) is 0 Å². The molecule has 0 saturated carbocycles. The standard InChI is InChI=1S/C16H14O4/c1-19-12-7-8-13-14(9-12)20-10-16(18,15(13)17)11-5-3-2-4-6-11/h2-9,18H,10H2,1H3/t16-/m1/s1. The zero-order valence-electron chi connectivity index (χ0n) is 11.0. The highest BCUT2D eigenvalue weighted by atomic mass is 16.5. The van der Waals surface area contributed by atoms with Crippen molar-refractivity contribution in [3.8, 4) is 11.5 Å². The Morgan fingerprint density at radius 1 is 1.20 bits per heavy atom. The molecule has 0 amide bonds. The van der Waals surface area contributed by atoms with Gasteiger partial charge in [0.15, 0.2) is 5.60 Å². The van der Waals surface area contributed by atoms with Crippen molar-refractivity contribution in [1.82, 2.24) is 0 Å². The molecule has 102 valence electrons. The largest absolute Gasteiger partial charge is 0.497 e. The summed E-state index contributed by atoms with van der Waals surface area (Å²) in [7, 11) is 1.55. The fourth-order valence-electron chi connectivity index (χ4n) is 2.34. The molecule has 0 aromatic heterocycles. The normalized spacial score (nSPS) is 21.0. The second-order valence-electron chi connectivity index (χ2n) is 4.71. The van der Waals surface area contributed by atoms with Crippen molar-refractivity contribution in [1.29, 1.82) is 0 Å². The lowest BCUT2D eigenvalue weighted by Crippen LogP contribution is -2.44. The summed E-state index contributed by atoms with van der Waals surface area (Å²) in [5.74, 6) is 0.698.